The van der Waals surface area contributed by atoms with Crippen molar-refractivity contribution >= 4 is 13.6 Å². The minimum atomic E-state index is -1.40. The lowest BCUT2D eigenvalue weighted by Gasteiger charge is -2.11. The molecular weight excluding hydrogens is 260 g/mol. The highest BCUT2D eigenvalue weighted by Gasteiger charge is 2.09. The zero-order valence-electron chi connectivity index (χ0n) is 12.9. The third-order valence-electron chi connectivity index (χ3n) is 2.71. The molecule has 0 spiro atoms. The van der Waals surface area contributed by atoms with Crippen molar-refractivity contribution < 1.29 is 4.74 Å². The Morgan fingerprint density at radius 2 is 1.95 bits per heavy atom. The minimum absolute atomic E-state index is 0.0265. The summed E-state index contributed by atoms with van der Waals surface area (Å²) < 4.78 is 5.47. The normalized spacial score (nSPS) is 13.3. The van der Waals surface area contributed by atoms with Crippen LogP contribution in [-0.4, -0.2) is 21.3 Å². The predicted octanol–water partition coefficient (Wildman–Crippen LogP) is 4.54. The maximum atomic E-state index is 5.47. The third kappa shape index (κ3) is 6.05. The number of hydrogen-bond donors (Lipinski definition) is 0. The Labute approximate surface area is 124 Å². The van der Waals surface area contributed by atoms with Crippen molar-refractivity contribution in [1.29, 1.82) is 0 Å². The van der Waals surface area contributed by atoms with Gasteiger partial charge in [0.2, 0.25) is 0 Å². The third-order valence-corrected chi connectivity index (χ3v) is 3.59. The Morgan fingerprint density at radius 3 is 2.45 bits per heavy atom. The van der Waals surface area contributed by atoms with E-state index in [0.29, 0.717) is 0 Å². The summed E-state index contributed by atoms with van der Waals surface area (Å²) >= 11 is 0. The van der Waals surface area contributed by atoms with Crippen LogP contribution >= 0.6 is 0 Å². The predicted molar refractivity (Wildman–Crippen MR) is 91.2 cm³/mol. The summed E-state index contributed by atoms with van der Waals surface area (Å²) in [6.07, 6.45) is 4.80. The first-order chi connectivity index (χ1) is 9.46. The SMILES string of the molecule is C=CCC(/C=C(/C#C[Si](C)(C)C)c1ccccc1)OC. The van der Waals surface area contributed by atoms with Gasteiger partial charge in [0.05, 0.1) is 6.10 Å². The molecule has 0 radical (unpaired) electrons. The van der Waals surface area contributed by atoms with Crippen LogP contribution in [0.5, 0.6) is 0 Å². The lowest BCUT2D eigenvalue weighted by Crippen LogP contribution is -2.16. The Kier molecular flexibility index (Phi) is 6.50. The fourth-order valence-electron chi connectivity index (χ4n) is 1.67. The molecule has 0 aliphatic heterocycles. The molecule has 0 amide bonds. The molecule has 0 N–H and O–H groups in total. The maximum Gasteiger partial charge on any atom is 0.129 e. The molecule has 0 saturated carbocycles. The van der Waals surface area contributed by atoms with Crippen LogP contribution in [0.1, 0.15) is 12.0 Å². The van der Waals surface area contributed by atoms with Crippen LogP contribution in [0.15, 0.2) is 49.1 Å². The average Bonchev–Trinajstić information content (AvgIpc) is 2.42. The molecule has 0 aliphatic carbocycles. The van der Waals surface area contributed by atoms with Gasteiger partial charge in [-0.3, -0.25) is 0 Å². The van der Waals surface area contributed by atoms with Gasteiger partial charge < -0.3 is 4.74 Å². The Hall–Kier alpha value is -1.56. The van der Waals surface area contributed by atoms with Crippen LogP contribution in [-0.2, 0) is 4.74 Å². The van der Waals surface area contributed by atoms with Gasteiger partial charge in [-0.05, 0) is 18.1 Å². The molecule has 1 rings (SSSR count). The first kappa shape index (κ1) is 16.5. The van der Waals surface area contributed by atoms with Crippen LogP contribution in [0, 0.1) is 11.5 Å². The van der Waals surface area contributed by atoms with Gasteiger partial charge in [-0.1, -0.05) is 62.0 Å². The van der Waals surface area contributed by atoms with Crippen molar-refractivity contribution in [2.24, 2.45) is 0 Å². The highest BCUT2D eigenvalue weighted by Crippen LogP contribution is 2.16. The molecule has 1 aromatic carbocycles. The monoisotopic (exact) mass is 284 g/mol. The fourth-order valence-corrected chi connectivity index (χ4v) is 2.17. The molecule has 20 heavy (non-hydrogen) atoms. The summed E-state index contributed by atoms with van der Waals surface area (Å²) in [4.78, 5) is 0. The lowest BCUT2D eigenvalue weighted by atomic mass is 10.0. The summed E-state index contributed by atoms with van der Waals surface area (Å²) in [5, 5.41) is 0. The second kappa shape index (κ2) is 7.89. The van der Waals surface area contributed by atoms with E-state index in [2.05, 4.69) is 55.9 Å². The number of rotatable bonds is 5. The minimum Gasteiger partial charge on any atom is -0.377 e. The Bertz CT molecular complexity index is 512. The first-order valence-electron chi connectivity index (χ1n) is 6.90. The zero-order valence-corrected chi connectivity index (χ0v) is 13.9. The second-order valence-corrected chi connectivity index (χ2v) is 10.5. The lowest BCUT2D eigenvalue weighted by molar-refractivity contribution is 0.144. The summed E-state index contributed by atoms with van der Waals surface area (Å²) in [7, 11) is 0.326. The van der Waals surface area contributed by atoms with Crippen molar-refractivity contribution in [3.63, 3.8) is 0 Å². The number of benzene rings is 1. The highest BCUT2D eigenvalue weighted by atomic mass is 28.3. The van der Waals surface area contributed by atoms with E-state index < -0.39 is 8.07 Å². The summed E-state index contributed by atoms with van der Waals surface area (Å²) in [6.45, 7) is 10.5. The van der Waals surface area contributed by atoms with Crippen molar-refractivity contribution in [3.8, 4) is 11.5 Å². The van der Waals surface area contributed by atoms with E-state index in [1.54, 1.807) is 7.11 Å². The number of allylic oxidation sites excluding steroid dienone is 1. The molecule has 1 aromatic rings. The highest BCUT2D eigenvalue weighted by molar-refractivity contribution is 6.84. The Morgan fingerprint density at radius 1 is 1.30 bits per heavy atom. The smallest absolute Gasteiger partial charge is 0.129 e. The van der Waals surface area contributed by atoms with Gasteiger partial charge >= 0.3 is 0 Å². The molecule has 0 aliphatic rings. The van der Waals surface area contributed by atoms with E-state index in [9.17, 15) is 0 Å². The number of ether oxygens (including phenoxy) is 1. The average molecular weight is 284 g/mol. The second-order valence-electron chi connectivity index (χ2n) is 5.74. The van der Waals surface area contributed by atoms with Gasteiger partial charge in [-0.15, -0.1) is 12.1 Å². The van der Waals surface area contributed by atoms with Gasteiger partial charge in [-0.25, -0.2) is 0 Å². The van der Waals surface area contributed by atoms with Gasteiger partial charge in [0.1, 0.15) is 8.07 Å². The molecule has 2 heteroatoms. The molecule has 1 unspecified atom stereocenters. The topological polar surface area (TPSA) is 9.23 Å². The molecule has 0 bridgehead atoms. The number of methoxy groups -OCH3 is 1. The standard InChI is InChI=1S/C18H24OSi/c1-6-10-18(19-2)15-17(13-14-20(3,4)5)16-11-8-7-9-12-16/h6-9,11-12,15,18H,1,10H2,2-5H3/b17-15-. The zero-order chi connectivity index (χ0) is 15.0. The van der Waals surface area contributed by atoms with E-state index in [4.69, 9.17) is 4.74 Å². The molecule has 106 valence electrons. The molecule has 0 saturated heterocycles. The van der Waals surface area contributed by atoms with E-state index >= 15 is 0 Å². The summed E-state index contributed by atoms with van der Waals surface area (Å²) in [5.41, 5.74) is 5.62. The summed E-state index contributed by atoms with van der Waals surface area (Å²) in [6, 6.07) is 10.3. The van der Waals surface area contributed by atoms with E-state index in [0.717, 1.165) is 17.6 Å². The van der Waals surface area contributed by atoms with Crippen LogP contribution < -0.4 is 0 Å². The van der Waals surface area contributed by atoms with Gasteiger partial charge in [0.15, 0.2) is 0 Å². The molecule has 1 atom stereocenters. The van der Waals surface area contributed by atoms with Crippen LogP contribution in [0.3, 0.4) is 0 Å². The van der Waals surface area contributed by atoms with Crippen LogP contribution in [0.2, 0.25) is 19.6 Å². The van der Waals surface area contributed by atoms with Crippen LogP contribution in [0.25, 0.3) is 5.57 Å². The molecule has 1 nitrogen and oxygen atoms in total. The van der Waals surface area contributed by atoms with Crippen molar-refractivity contribution in [3.05, 3.63) is 54.6 Å². The van der Waals surface area contributed by atoms with Crippen molar-refractivity contribution in [1.82, 2.24) is 0 Å². The largest absolute Gasteiger partial charge is 0.377 e. The van der Waals surface area contributed by atoms with Crippen molar-refractivity contribution in [2.75, 3.05) is 7.11 Å². The van der Waals surface area contributed by atoms with Crippen molar-refractivity contribution in [2.45, 2.75) is 32.2 Å². The molecular formula is C18H24OSi. The van der Waals surface area contributed by atoms with E-state index in [1.807, 2.05) is 24.3 Å². The Balaban J connectivity index is 3.16. The van der Waals surface area contributed by atoms with Gasteiger partial charge in [0, 0.05) is 12.7 Å². The van der Waals surface area contributed by atoms with Gasteiger partial charge in [0.25, 0.3) is 0 Å². The quantitative estimate of drug-likeness (QED) is 0.438. The van der Waals surface area contributed by atoms with Gasteiger partial charge in [-0.2, -0.15) is 0 Å². The summed E-state index contributed by atoms with van der Waals surface area (Å²) in [5.74, 6) is 3.36. The number of hydrogen-bond acceptors (Lipinski definition) is 1. The van der Waals surface area contributed by atoms with Crippen LogP contribution in [0.4, 0.5) is 0 Å². The first-order valence-corrected chi connectivity index (χ1v) is 10.4. The van der Waals surface area contributed by atoms with E-state index in [-0.39, 0.29) is 6.10 Å². The molecule has 0 heterocycles. The molecule has 0 aromatic heterocycles. The maximum absolute atomic E-state index is 5.47. The molecule has 0 fully saturated rings. The van der Waals surface area contributed by atoms with E-state index in [1.165, 1.54) is 0 Å². The fraction of sp³-hybridized carbons (Fsp3) is 0.333.